The number of alkyl halides is 3. The van der Waals surface area contributed by atoms with Crippen LogP contribution in [0.3, 0.4) is 0 Å². The number of methoxy groups -OCH3 is 1. The normalized spacial score (nSPS) is 14.0. The molecule has 0 bridgehead atoms. The number of rotatable bonds is 5. The molecule has 7 heteroatoms. The number of carbonyl (C=O) groups excluding carboxylic acids is 1. The minimum atomic E-state index is -4.42. The molecule has 1 amide bonds. The maximum atomic E-state index is 12.2. The summed E-state index contributed by atoms with van der Waals surface area (Å²) in [6.45, 7) is 1.58. The average molecular weight is 242 g/mol. The van der Waals surface area contributed by atoms with Crippen LogP contribution in [0.1, 0.15) is 13.8 Å². The number of amides is 1. The van der Waals surface area contributed by atoms with Gasteiger partial charge in [-0.1, -0.05) is 0 Å². The predicted molar refractivity (Wildman–Crippen MR) is 52.8 cm³/mol. The minimum Gasteiger partial charge on any atom is -0.370 e. The van der Waals surface area contributed by atoms with Gasteiger partial charge in [0.1, 0.15) is 12.6 Å². The van der Waals surface area contributed by atoms with E-state index in [0.717, 1.165) is 0 Å². The Kier molecular flexibility index (Phi) is 5.74. The first-order valence-corrected chi connectivity index (χ1v) is 4.83. The van der Waals surface area contributed by atoms with E-state index in [0.29, 0.717) is 4.90 Å². The second-order valence-electron chi connectivity index (χ2n) is 3.64. The van der Waals surface area contributed by atoms with Crippen LogP contribution in [-0.4, -0.2) is 49.3 Å². The molecule has 0 aromatic heterocycles. The highest BCUT2D eigenvalue weighted by molar-refractivity contribution is 5.81. The average Bonchev–Trinajstić information content (AvgIpc) is 2.14. The number of nitrogens with two attached hydrogens (primary N) is 1. The third-order valence-corrected chi connectivity index (χ3v) is 2.03. The van der Waals surface area contributed by atoms with Gasteiger partial charge in [0.25, 0.3) is 5.91 Å². The summed E-state index contributed by atoms with van der Waals surface area (Å²) in [7, 11) is 1.24. The molecular formula is C9H17F3N2O2. The SMILES string of the molecule is COC(CN)C(=O)N(CC(F)(F)F)C(C)C. The molecule has 0 aliphatic rings. The zero-order valence-electron chi connectivity index (χ0n) is 9.54. The quantitative estimate of drug-likeness (QED) is 0.774. The van der Waals surface area contributed by atoms with Crippen molar-refractivity contribution < 1.29 is 22.7 Å². The highest BCUT2D eigenvalue weighted by Crippen LogP contribution is 2.18. The molecule has 0 saturated heterocycles. The summed E-state index contributed by atoms with van der Waals surface area (Å²) in [6.07, 6.45) is -5.45. The summed E-state index contributed by atoms with van der Waals surface area (Å²) in [5.74, 6) is -0.739. The molecule has 1 unspecified atom stereocenters. The van der Waals surface area contributed by atoms with Crippen LogP contribution in [0, 0.1) is 0 Å². The van der Waals surface area contributed by atoms with Gasteiger partial charge in [0.05, 0.1) is 0 Å². The van der Waals surface area contributed by atoms with Crippen LogP contribution in [0.4, 0.5) is 13.2 Å². The summed E-state index contributed by atoms with van der Waals surface area (Å²) < 4.78 is 41.4. The van der Waals surface area contributed by atoms with Crippen LogP contribution < -0.4 is 5.73 Å². The lowest BCUT2D eigenvalue weighted by Gasteiger charge is -2.30. The van der Waals surface area contributed by atoms with Gasteiger partial charge < -0.3 is 15.4 Å². The Balaban J connectivity index is 4.72. The number of halogens is 3. The monoisotopic (exact) mass is 242 g/mol. The van der Waals surface area contributed by atoms with Gasteiger partial charge in [0.2, 0.25) is 0 Å². The zero-order valence-corrected chi connectivity index (χ0v) is 9.54. The van der Waals surface area contributed by atoms with Crippen molar-refractivity contribution in [2.45, 2.75) is 32.2 Å². The fourth-order valence-corrected chi connectivity index (χ4v) is 1.19. The van der Waals surface area contributed by atoms with E-state index in [1.165, 1.54) is 21.0 Å². The lowest BCUT2D eigenvalue weighted by molar-refractivity contribution is -0.170. The fourth-order valence-electron chi connectivity index (χ4n) is 1.19. The molecule has 0 aromatic carbocycles. The van der Waals surface area contributed by atoms with Crippen LogP contribution in [0.5, 0.6) is 0 Å². The van der Waals surface area contributed by atoms with E-state index in [4.69, 9.17) is 10.5 Å². The van der Waals surface area contributed by atoms with Gasteiger partial charge in [-0.05, 0) is 13.8 Å². The predicted octanol–water partition coefficient (Wildman–Crippen LogP) is 0.759. The highest BCUT2D eigenvalue weighted by Gasteiger charge is 2.36. The molecule has 0 fully saturated rings. The van der Waals surface area contributed by atoms with Gasteiger partial charge in [0.15, 0.2) is 0 Å². The van der Waals surface area contributed by atoms with Crippen molar-refractivity contribution in [2.75, 3.05) is 20.2 Å². The molecule has 0 spiro atoms. The Hall–Kier alpha value is -0.820. The first-order chi connectivity index (χ1) is 7.22. The van der Waals surface area contributed by atoms with E-state index in [1.807, 2.05) is 0 Å². The Morgan fingerprint density at radius 2 is 1.94 bits per heavy atom. The van der Waals surface area contributed by atoms with E-state index in [1.54, 1.807) is 0 Å². The van der Waals surface area contributed by atoms with Crippen molar-refractivity contribution in [3.05, 3.63) is 0 Å². The van der Waals surface area contributed by atoms with Crippen molar-refractivity contribution in [2.24, 2.45) is 5.73 Å². The van der Waals surface area contributed by atoms with Gasteiger partial charge >= 0.3 is 6.18 Å². The largest absolute Gasteiger partial charge is 0.406 e. The van der Waals surface area contributed by atoms with Crippen LogP contribution in [0.25, 0.3) is 0 Å². The van der Waals surface area contributed by atoms with Gasteiger partial charge in [-0.3, -0.25) is 4.79 Å². The molecule has 96 valence electrons. The third kappa shape index (κ3) is 4.80. The summed E-state index contributed by atoms with van der Waals surface area (Å²) >= 11 is 0. The highest BCUT2D eigenvalue weighted by atomic mass is 19.4. The topological polar surface area (TPSA) is 55.6 Å². The maximum Gasteiger partial charge on any atom is 0.406 e. The molecule has 0 aliphatic carbocycles. The number of nitrogens with zero attached hydrogens (tertiary/aromatic N) is 1. The number of carbonyl (C=O) groups is 1. The minimum absolute atomic E-state index is 0.142. The molecule has 0 heterocycles. The van der Waals surface area contributed by atoms with Crippen molar-refractivity contribution in [3.63, 3.8) is 0 Å². The van der Waals surface area contributed by atoms with Crippen molar-refractivity contribution in [1.29, 1.82) is 0 Å². The molecule has 4 nitrogen and oxygen atoms in total. The Morgan fingerprint density at radius 3 is 2.19 bits per heavy atom. The number of hydrogen-bond acceptors (Lipinski definition) is 3. The van der Waals surface area contributed by atoms with Crippen LogP contribution >= 0.6 is 0 Å². The summed E-state index contributed by atoms with van der Waals surface area (Å²) in [6, 6.07) is -0.557. The second-order valence-corrected chi connectivity index (χ2v) is 3.64. The van der Waals surface area contributed by atoms with Crippen molar-refractivity contribution in [1.82, 2.24) is 4.90 Å². The lowest BCUT2D eigenvalue weighted by atomic mass is 10.2. The molecule has 0 aromatic rings. The summed E-state index contributed by atoms with van der Waals surface area (Å²) in [4.78, 5) is 12.4. The molecule has 2 N–H and O–H groups in total. The van der Waals surface area contributed by atoms with Gasteiger partial charge in [-0.15, -0.1) is 0 Å². The van der Waals surface area contributed by atoms with Gasteiger partial charge in [0, 0.05) is 19.7 Å². The van der Waals surface area contributed by atoms with E-state index < -0.39 is 30.8 Å². The smallest absolute Gasteiger partial charge is 0.370 e. The number of hydrogen-bond donors (Lipinski definition) is 1. The Morgan fingerprint density at radius 1 is 1.44 bits per heavy atom. The third-order valence-electron chi connectivity index (χ3n) is 2.03. The molecule has 0 rings (SSSR count). The van der Waals surface area contributed by atoms with Crippen molar-refractivity contribution in [3.8, 4) is 0 Å². The Labute approximate surface area is 92.5 Å². The van der Waals surface area contributed by atoms with Crippen molar-refractivity contribution >= 4 is 5.91 Å². The zero-order chi connectivity index (χ0) is 12.9. The summed E-state index contributed by atoms with van der Waals surface area (Å²) in [5.41, 5.74) is 5.23. The summed E-state index contributed by atoms with van der Waals surface area (Å²) in [5, 5.41) is 0. The van der Waals surface area contributed by atoms with E-state index in [2.05, 4.69) is 0 Å². The van der Waals surface area contributed by atoms with E-state index in [9.17, 15) is 18.0 Å². The second kappa shape index (κ2) is 6.05. The molecule has 0 saturated carbocycles. The molecular weight excluding hydrogens is 225 g/mol. The fraction of sp³-hybridized carbons (Fsp3) is 0.889. The van der Waals surface area contributed by atoms with Crippen LogP contribution in [0.2, 0.25) is 0 Å². The first kappa shape index (κ1) is 15.2. The van der Waals surface area contributed by atoms with Crippen LogP contribution in [-0.2, 0) is 9.53 Å². The molecule has 0 radical (unpaired) electrons. The lowest BCUT2D eigenvalue weighted by Crippen LogP contribution is -2.50. The first-order valence-electron chi connectivity index (χ1n) is 4.83. The molecule has 1 atom stereocenters. The number of ether oxygens (including phenoxy) is 1. The maximum absolute atomic E-state index is 12.2. The van der Waals surface area contributed by atoms with E-state index >= 15 is 0 Å². The van der Waals surface area contributed by atoms with E-state index in [-0.39, 0.29) is 6.54 Å². The van der Waals surface area contributed by atoms with Gasteiger partial charge in [-0.25, -0.2) is 0 Å². The Bertz CT molecular complexity index is 227. The van der Waals surface area contributed by atoms with Gasteiger partial charge in [-0.2, -0.15) is 13.2 Å². The molecule has 0 aliphatic heterocycles. The van der Waals surface area contributed by atoms with Crippen LogP contribution in [0.15, 0.2) is 0 Å². The molecule has 16 heavy (non-hydrogen) atoms. The standard InChI is InChI=1S/C9H17F3N2O2/c1-6(2)14(5-9(10,11)12)8(15)7(4-13)16-3/h6-7H,4-5,13H2,1-3H3.